The summed E-state index contributed by atoms with van der Waals surface area (Å²) in [4.78, 5) is 57.9. The molecule has 14 nitrogen and oxygen atoms in total. The molecule has 0 radical (unpaired) electrons. The van der Waals surface area contributed by atoms with E-state index >= 15 is 0 Å². The number of cyclic esters (lactones) is 1. The van der Waals surface area contributed by atoms with Crippen LogP contribution in [0.2, 0.25) is 0 Å². The molecule has 3 aliphatic heterocycles. The molecule has 0 spiro atoms. The monoisotopic (exact) mass is 960 g/mol. The maximum atomic E-state index is 14.4. The molecule has 3 fully saturated rings. The van der Waals surface area contributed by atoms with Gasteiger partial charge in [0.2, 0.25) is 5.79 Å². The summed E-state index contributed by atoms with van der Waals surface area (Å²) in [5.74, 6) is -5.84. The molecule has 2 bridgehead atoms. The number of aliphatic hydroxyl groups excluding tert-OH is 1. The number of methoxy groups -OCH3 is 2. The van der Waals surface area contributed by atoms with Gasteiger partial charge in [0.05, 0.1) is 12.2 Å². The lowest BCUT2D eigenvalue weighted by Crippen LogP contribution is -2.61. The Hall–Kier alpha value is -2.89. The third kappa shape index (κ3) is 16.3. The van der Waals surface area contributed by atoms with Gasteiger partial charge in [0.15, 0.2) is 5.78 Å². The molecule has 8 unspecified atom stereocenters. The highest BCUT2D eigenvalue weighted by atomic mass is 32.2. The fraction of sp³-hybridized carbons (Fsp3) is 0.769. The van der Waals surface area contributed by atoms with Gasteiger partial charge >= 0.3 is 5.97 Å². The predicted molar refractivity (Wildman–Crippen MR) is 258 cm³/mol. The van der Waals surface area contributed by atoms with E-state index in [9.17, 15) is 38.2 Å². The number of allylic oxidation sites excluding steroid dienone is 6. The Morgan fingerprint density at radius 1 is 0.910 bits per heavy atom. The van der Waals surface area contributed by atoms with Crippen molar-refractivity contribution in [3.05, 3.63) is 47.6 Å². The Labute approximate surface area is 403 Å². The van der Waals surface area contributed by atoms with Crippen molar-refractivity contribution < 1.29 is 57.1 Å². The minimum absolute atomic E-state index is 0.0358. The molecule has 16 atom stereocenters. The molecular weight excluding hydrogens is 877 g/mol. The Kier molecular flexibility index (Phi) is 22.8. The Morgan fingerprint density at radius 3 is 2.33 bits per heavy atom. The number of piperidine rings is 1. The van der Waals surface area contributed by atoms with Crippen LogP contribution < -0.4 is 4.72 Å². The fourth-order valence-electron chi connectivity index (χ4n) is 10.8. The van der Waals surface area contributed by atoms with Gasteiger partial charge in [-0.2, -0.15) is 0 Å². The number of rotatable bonds is 7. The van der Waals surface area contributed by atoms with E-state index in [1.807, 2.05) is 64.2 Å². The normalized spacial score (nSPS) is 40.2. The maximum Gasteiger partial charge on any atom is 0.329 e. The zero-order valence-electron chi connectivity index (χ0n) is 42.0. The number of nitrogens with one attached hydrogen (secondary N) is 1. The van der Waals surface area contributed by atoms with Gasteiger partial charge in [0.1, 0.15) is 24.4 Å². The number of amides is 1. The van der Waals surface area contributed by atoms with Crippen LogP contribution in [0.3, 0.4) is 0 Å². The van der Waals surface area contributed by atoms with Crippen molar-refractivity contribution in [1.29, 1.82) is 0 Å². The molecule has 2 saturated heterocycles. The maximum absolute atomic E-state index is 14.4. The van der Waals surface area contributed by atoms with Crippen LogP contribution in [0.1, 0.15) is 145 Å². The van der Waals surface area contributed by atoms with Crippen molar-refractivity contribution in [3.63, 3.8) is 0 Å². The highest BCUT2D eigenvalue weighted by Gasteiger charge is 2.53. The van der Waals surface area contributed by atoms with Crippen LogP contribution in [0.15, 0.2) is 47.6 Å². The van der Waals surface area contributed by atoms with E-state index < -0.39 is 83.0 Å². The van der Waals surface area contributed by atoms with Gasteiger partial charge in [-0.05, 0) is 139 Å². The second-order valence-electron chi connectivity index (χ2n) is 20.7. The Bertz CT molecular complexity index is 1800. The average Bonchev–Trinajstić information content (AvgIpc) is 3.28. The standard InChI is InChI=1S/C52H84N2O12S/c1-32-16-12-11-13-17-33(2)28-41(53-67(61)62)31-42-23-21-39(8)52(60,66-42)49(57)50(58)54-25-15-14-18-43(54)51(59)65-44(36(5)29-40-22-20-35(4)45(30-40)63-9)24-19-34(3)27-38(7)47(56)48(64-10)46(55)37(6)26-32/h11-13,16-17,27,32,34-37,39-45,47-48,53,56,60H,14-15,18-26,28-31H2,1-10H3,(H,61,62)/p-1/b13-11+,16-12+,33-17+,38-27+/t32-,34+,35-,36-,37?,39?,40?,41-,42+,43?,44+,45?,47?,48+,52?/m1/s1. The Balaban J connectivity index is 1.68. The van der Waals surface area contributed by atoms with Gasteiger partial charge in [0.25, 0.3) is 11.7 Å². The highest BCUT2D eigenvalue weighted by Crippen LogP contribution is 2.38. The van der Waals surface area contributed by atoms with Gasteiger partial charge in [-0.15, -0.1) is 0 Å². The van der Waals surface area contributed by atoms with E-state index in [-0.39, 0.29) is 49.0 Å². The summed E-state index contributed by atoms with van der Waals surface area (Å²) < 4.78 is 50.4. The Morgan fingerprint density at radius 2 is 1.64 bits per heavy atom. The number of hydrogen-bond acceptors (Lipinski definition) is 12. The van der Waals surface area contributed by atoms with E-state index in [1.54, 1.807) is 21.0 Å². The van der Waals surface area contributed by atoms with Crippen LogP contribution in [0.4, 0.5) is 0 Å². The SMILES string of the molecule is COC1CC(C[C@@H](C)[C@@H]2CC[C@H](C)/C=C(\C)C(O)[C@@H](OC)C(=O)C(C)C[C@H](C)/C=C/C=C/C=C(\C)C[C@@H](NS(=O)[O-])C[C@@H]3CCC(C)C(O)(O3)C(=O)C(=O)N3CCCCC3C(=O)O2)CC[C@H]1C. The number of ether oxygens (including phenoxy) is 4. The van der Waals surface area contributed by atoms with Crippen molar-refractivity contribution in [3.8, 4) is 0 Å². The molecule has 3 N–H and O–H groups in total. The summed E-state index contributed by atoms with van der Waals surface area (Å²) in [6.07, 6.45) is 16.2. The minimum atomic E-state index is -2.62. The molecule has 4 aliphatic rings. The largest absolute Gasteiger partial charge is 0.760 e. The first-order valence-corrected chi connectivity index (χ1v) is 26.0. The molecule has 0 aromatic rings. The lowest BCUT2D eigenvalue weighted by Gasteiger charge is -2.43. The molecule has 1 saturated carbocycles. The third-order valence-corrected chi connectivity index (χ3v) is 15.5. The smallest absolute Gasteiger partial charge is 0.329 e. The molecule has 380 valence electrons. The molecule has 4 rings (SSSR count). The summed E-state index contributed by atoms with van der Waals surface area (Å²) in [6.45, 7) is 15.6. The summed E-state index contributed by atoms with van der Waals surface area (Å²) in [5, 5.41) is 23.5. The molecule has 3 heterocycles. The third-order valence-electron chi connectivity index (χ3n) is 15.0. The van der Waals surface area contributed by atoms with E-state index in [4.69, 9.17) is 18.9 Å². The molecule has 0 aromatic heterocycles. The van der Waals surface area contributed by atoms with Crippen molar-refractivity contribution in [1.82, 2.24) is 9.62 Å². The number of esters is 1. The number of ketones is 2. The number of carbonyl (C=O) groups is 4. The first kappa shape index (κ1) is 56.7. The van der Waals surface area contributed by atoms with E-state index in [1.165, 1.54) is 12.0 Å². The molecule has 0 aromatic carbocycles. The van der Waals surface area contributed by atoms with Crippen LogP contribution >= 0.6 is 0 Å². The van der Waals surface area contributed by atoms with Gasteiger partial charge in [0, 0.05) is 49.9 Å². The number of aliphatic hydroxyl groups is 2. The van der Waals surface area contributed by atoms with Crippen LogP contribution in [0.25, 0.3) is 0 Å². The van der Waals surface area contributed by atoms with E-state index in [0.717, 1.165) is 31.3 Å². The molecular formula is C52H83N2O12S-. The number of fused-ring (bicyclic) bond motifs is 3. The summed E-state index contributed by atoms with van der Waals surface area (Å²) in [6, 6.07) is -1.68. The zero-order valence-corrected chi connectivity index (χ0v) is 42.8. The van der Waals surface area contributed by atoms with Gasteiger partial charge in [-0.3, -0.25) is 18.6 Å². The summed E-state index contributed by atoms with van der Waals surface area (Å²) in [5.41, 5.74) is 1.47. The van der Waals surface area contributed by atoms with E-state index in [2.05, 4.69) is 18.6 Å². The van der Waals surface area contributed by atoms with Crippen LogP contribution in [0, 0.1) is 41.4 Å². The van der Waals surface area contributed by atoms with Gasteiger partial charge < -0.3 is 38.6 Å². The van der Waals surface area contributed by atoms with Crippen LogP contribution in [-0.4, -0.2) is 116 Å². The van der Waals surface area contributed by atoms with Crippen LogP contribution in [0.5, 0.6) is 0 Å². The summed E-state index contributed by atoms with van der Waals surface area (Å²) >= 11 is -2.62. The van der Waals surface area contributed by atoms with Gasteiger partial charge in [-0.1, -0.05) is 83.6 Å². The highest BCUT2D eigenvalue weighted by molar-refractivity contribution is 7.77. The average molecular weight is 960 g/mol. The molecule has 1 aliphatic carbocycles. The number of carbonyl (C=O) groups excluding carboxylic acids is 4. The topological polar surface area (TPSA) is 201 Å². The zero-order chi connectivity index (χ0) is 49.6. The van der Waals surface area contributed by atoms with Crippen LogP contribution in [-0.2, 0) is 49.4 Å². The quantitative estimate of drug-likeness (QED) is 0.0990. The second kappa shape index (κ2) is 26.9. The second-order valence-corrected chi connectivity index (χ2v) is 21.4. The number of Topliss-reactive ketones (excluding diaryl/α,β-unsaturated/α-hetero) is 2. The lowest BCUT2D eigenvalue weighted by molar-refractivity contribution is -0.264. The number of hydrogen-bond donors (Lipinski definition) is 3. The molecule has 15 heteroatoms. The van der Waals surface area contributed by atoms with Crippen molar-refractivity contribution in [2.75, 3.05) is 20.8 Å². The summed E-state index contributed by atoms with van der Waals surface area (Å²) in [7, 11) is 3.19. The van der Waals surface area contributed by atoms with Gasteiger partial charge in [-0.25, -0.2) is 9.52 Å². The van der Waals surface area contributed by atoms with Crippen molar-refractivity contribution >= 4 is 34.7 Å². The lowest BCUT2D eigenvalue weighted by atomic mass is 9.76. The minimum Gasteiger partial charge on any atom is -0.760 e. The van der Waals surface area contributed by atoms with Crippen molar-refractivity contribution in [2.24, 2.45) is 41.4 Å². The first-order valence-electron chi connectivity index (χ1n) is 25.0. The fourth-order valence-corrected chi connectivity index (χ4v) is 11.3. The molecule has 1 amide bonds. The van der Waals surface area contributed by atoms with Crippen molar-refractivity contribution in [2.45, 2.75) is 194 Å². The first-order chi connectivity index (χ1) is 31.7. The van der Waals surface area contributed by atoms with E-state index in [0.29, 0.717) is 68.8 Å². The number of nitrogens with zero attached hydrogens (tertiary/aromatic N) is 1. The predicted octanol–water partition coefficient (Wildman–Crippen LogP) is 7.40. The molecule has 67 heavy (non-hydrogen) atoms.